The lowest BCUT2D eigenvalue weighted by molar-refractivity contribution is -0.387. The van der Waals surface area contributed by atoms with Crippen LogP contribution in [0.4, 0.5) is 20.2 Å². The number of aromatic nitrogens is 1. The van der Waals surface area contributed by atoms with E-state index >= 15 is 0 Å². The van der Waals surface area contributed by atoms with E-state index in [0.717, 1.165) is 0 Å². The van der Waals surface area contributed by atoms with Crippen molar-refractivity contribution in [1.82, 2.24) is 4.98 Å². The third-order valence-corrected chi connectivity index (χ3v) is 2.88. The van der Waals surface area contributed by atoms with E-state index in [2.05, 4.69) is 26.2 Å². The summed E-state index contributed by atoms with van der Waals surface area (Å²) in [6, 6.07) is 2.39. The summed E-state index contributed by atoms with van der Waals surface area (Å²) in [7, 11) is 0. The van der Waals surface area contributed by atoms with Crippen LogP contribution in [0.5, 0.6) is 0 Å². The van der Waals surface area contributed by atoms with Crippen molar-refractivity contribution >= 4 is 33.2 Å². The summed E-state index contributed by atoms with van der Waals surface area (Å²) in [5, 5.41) is 12.7. The van der Waals surface area contributed by atoms with Gasteiger partial charge in [-0.1, -0.05) is 0 Å². The van der Waals surface area contributed by atoms with Gasteiger partial charge in [0.25, 0.3) is 5.91 Å². The van der Waals surface area contributed by atoms with E-state index in [1.165, 1.54) is 18.5 Å². The van der Waals surface area contributed by atoms with Gasteiger partial charge in [-0.15, -0.1) is 0 Å². The molecule has 0 aliphatic rings. The highest BCUT2D eigenvalue weighted by Crippen LogP contribution is 2.25. The Morgan fingerprint density at radius 3 is 2.57 bits per heavy atom. The van der Waals surface area contributed by atoms with Crippen molar-refractivity contribution in [3.63, 3.8) is 0 Å². The van der Waals surface area contributed by atoms with Crippen molar-refractivity contribution in [1.29, 1.82) is 0 Å². The molecule has 1 heterocycles. The van der Waals surface area contributed by atoms with Crippen molar-refractivity contribution < 1.29 is 18.5 Å². The van der Waals surface area contributed by atoms with Crippen LogP contribution in [-0.2, 0) is 0 Å². The molecule has 0 aliphatic heterocycles. The Morgan fingerprint density at radius 1 is 1.24 bits per heavy atom. The number of nitrogens with zero attached hydrogens (tertiary/aromatic N) is 2. The van der Waals surface area contributed by atoms with Gasteiger partial charge in [-0.25, -0.2) is 4.39 Å². The van der Waals surface area contributed by atoms with Gasteiger partial charge in [-0.05, 0) is 22.0 Å². The van der Waals surface area contributed by atoms with Gasteiger partial charge in [0.15, 0.2) is 0 Å². The number of halogens is 3. The molecule has 1 aromatic heterocycles. The number of amides is 1. The second-order valence-corrected chi connectivity index (χ2v) is 4.80. The Hall–Kier alpha value is -2.42. The SMILES string of the molecule is O=C(Nc1cc([N+](=O)[O-])c(F)cc1F)c1cncc(Br)c1. The first-order valence-electron chi connectivity index (χ1n) is 5.44. The van der Waals surface area contributed by atoms with Gasteiger partial charge in [-0.2, -0.15) is 4.39 Å². The predicted octanol–water partition coefficient (Wildman–Crippen LogP) is 3.28. The molecule has 0 atom stereocenters. The number of nitro benzene ring substituents is 1. The summed E-state index contributed by atoms with van der Waals surface area (Å²) < 4.78 is 27.3. The van der Waals surface area contributed by atoms with Gasteiger partial charge < -0.3 is 5.32 Å². The summed E-state index contributed by atoms with van der Waals surface area (Å²) >= 11 is 3.12. The molecule has 108 valence electrons. The molecule has 0 aliphatic carbocycles. The Bertz CT molecular complexity index is 740. The minimum absolute atomic E-state index is 0.107. The second kappa shape index (κ2) is 5.92. The van der Waals surface area contributed by atoms with E-state index in [4.69, 9.17) is 0 Å². The number of nitro groups is 1. The van der Waals surface area contributed by atoms with E-state index in [1.54, 1.807) is 0 Å². The molecular formula is C12H6BrF2N3O3. The fourth-order valence-electron chi connectivity index (χ4n) is 1.50. The summed E-state index contributed by atoms with van der Waals surface area (Å²) in [4.78, 5) is 25.2. The largest absolute Gasteiger partial charge is 0.319 e. The van der Waals surface area contributed by atoms with E-state index in [0.29, 0.717) is 16.6 Å². The first-order chi connectivity index (χ1) is 9.88. The molecule has 9 heteroatoms. The van der Waals surface area contributed by atoms with Crippen molar-refractivity contribution in [2.24, 2.45) is 0 Å². The number of rotatable bonds is 3. The molecule has 0 spiro atoms. The summed E-state index contributed by atoms with van der Waals surface area (Å²) in [6.07, 6.45) is 2.68. The number of nitrogens with one attached hydrogen (secondary N) is 1. The summed E-state index contributed by atoms with van der Waals surface area (Å²) in [6.45, 7) is 0. The Labute approximate surface area is 125 Å². The highest BCUT2D eigenvalue weighted by atomic mass is 79.9. The molecule has 6 nitrogen and oxygen atoms in total. The summed E-state index contributed by atoms with van der Waals surface area (Å²) in [5.74, 6) is -3.17. The van der Waals surface area contributed by atoms with Crippen LogP contribution in [-0.4, -0.2) is 15.8 Å². The van der Waals surface area contributed by atoms with E-state index in [1.807, 2.05) is 0 Å². The van der Waals surface area contributed by atoms with Crippen LogP contribution in [0, 0.1) is 21.7 Å². The first-order valence-corrected chi connectivity index (χ1v) is 6.23. The predicted molar refractivity (Wildman–Crippen MR) is 72.9 cm³/mol. The van der Waals surface area contributed by atoms with Crippen LogP contribution in [0.25, 0.3) is 0 Å². The van der Waals surface area contributed by atoms with Crippen LogP contribution in [0.15, 0.2) is 35.1 Å². The Balaban J connectivity index is 2.33. The van der Waals surface area contributed by atoms with Crippen LogP contribution < -0.4 is 5.32 Å². The minimum atomic E-state index is -1.32. The van der Waals surface area contributed by atoms with Gasteiger partial charge in [0.2, 0.25) is 5.82 Å². The van der Waals surface area contributed by atoms with Crippen molar-refractivity contribution in [3.8, 4) is 0 Å². The highest BCUT2D eigenvalue weighted by molar-refractivity contribution is 9.10. The molecular weight excluding hydrogens is 352 g/mol. The Kier molecular flexibility index (Phi) is 4.22. The molecule has 0 unspecified atom stereocenters. The molecule has 21 heavy (non-hydrogen) atoms. The number of carbonyl (C=O) groups excluding carboxylic acids is 1. The molecule has 0 bridgehead atoms. The number of hydrogen-bond acceptors (Lipinski definition) is 4. The maximum atomic E-state index is 13.5. The van der Waals surface area contributed by atoms with Gasteiger partial charge >= 0.3 is 5.69 Å². The molecule has 1 aromatic carbocycles. The molecule has 0 radical (unpaired) electrons. The van der Waals surface area contributed by atoms with E-state index in [-0.39, 0.29) is 5.56 Å². The number of hydrogen-bond donors (Lipinski definition) is 1. The number of anilines is 1. The number of pyridine rings is 1. The topological polar surface area (TPSA) is 85.1 Å². The standard InChI is InChI=1S/C12H6BrF2N3O3/c13-7-1-6(4-16-5-7)12(19)17-10-3-11(18(20)21)9(15)2-8(10)14/h1-5H,(H,17,19). The molecule has 2 rings (SSSR count). The van der Waals surface area contributed by atoms with Crippen LogP contribution in [0.1, 0.15) is 10.4 Å². The second-order valence-electron chi connectivity index (χ2n) is 3.89. The fraction of sp³-hybridized carbons (Fsp3) is 0. The maximum Gasteiger partial charge on any atom is 0.307 e. The van der Waals surface area contributed by atoms with E-state index < -0.39 is 33.8 Å². The lowest BCUT2D eigenvalue weighted by atomic mass is 10.2. The third-order valence-electron chi connectivity index (χ3n) is 2.45. The minimum Gasteiger partial charge on any atom is -0.319 e. The first kappa shape index (κ1) is 15.0. The number of benzene rings is 1. The highest BCUT2D eigenvalue weighted by Gasteiger charge is 2.20. The molecule has 2 aromatic rings. The average Bonchev–Trinajstić information content (AvgIpc) is 2.41. The van der Waals surface area contributed by atoms with Gasteiger partial charge in [0.05, 0.1) is 16.2 Å². The molecule has 0 saturated carbocycles. The quantitative estimate of drug-likeness (QED) is 0.674. The molecule has 1 amide bonds. The third kappa shape index (κ3) is 3.37. The molecule has 0 fully saturated rings. The fourth-order valence-corrected chi connectivity index (χ4v) is 1.87. The molecule has 0 saturated heterocycles. The zero-order valence-corrected chi connectivity index (χ0v) is 11.7. The van der Waals surface area contributed by atoms with Crippen molar-refractivity contribution in [2.45, 2.75) is 0 Å². The average molecular weight is 358 g/mol. The zero-order chi connectivity index (χ0) is 15.6. The lowest BCUT2D eigenvalue weighted by Crippen LogP contribution is -2.14. The van der Waals surface area contributed by atoms with Crippen LogP contribution >= 0.6 is 15.9 Å². The van der Waals surface area contributed by atoms with Crippen molar-refractivity contribution in [3.05, 3.63) is 62.4 Å². The van der Waals surface area contributed by atoms with Crippen LogP contribution in [0.3, 0.4) is 0 Å². The number of carbonyl (C=O) groups is 1. The van der Waals surface area contributed by atoms with Gasteiger partial charge in [0, 0.05) is 29.0 Å². The zero-order valence-electron chi connectivity index (χ0n) is 10.1. The van der Waals surface area contributed by atoms with Crippen molar-refractivity contribution in [2.75, 3.05) is 5.32 Å². The van der Waals surface area contributed by atoms with Gasteiger partial charge in [0.1, 0.15) is 5.82 Å². The molecule has 1 N–H and O–H groups in total. The maximum absolute atomic E-state index is 13.5. The lowest BCUT2D eigenvalue weighted by Gasteiger charge is -2.07. The Morgan fingerprint density at radius 2 is 1.95 bits per heavy atom. The normalized spacial score (nSPS) is 10.2. The smallest absolute Gasteiger partial charge is 0.307 e. The van der Waals surface area contributed by atoms with Gasteiger partial charge in [-0.3, -0.25) is 19.9 Å². The summed E-state index contributed by atoms with van der Waals surface area (Å²) in [5.41, 5.74) is -1.32. The van der Waals surface area contributed by atoms with E-state index in [9.17, 15) is 23.7 Å². The van der Waals surface area contributed by atoms with Crippen LogP contribution in [0.2, 0.25) is 0 Å². The monoisotopic (exact) mass is 357 g/mol.